The molecule has 1 atom stereocenters. The molecule has 80 valence electrons. The van der Waals surface area contributed by atoms with Crippen LogP contribution in [0.3, 0.4) is 0 Å². The molecule has 0 aliphatic heterocycles. The Morgan fingerprint density at radius 2 is 1.54 bits per heavy atom. The van der Waals surface area contributed by atoms with Crippen LogP contribution in [0.25, 0.3) is 0 Å². The van der Waals surface area contributed by atoms with Crippen molar-refractivity contribution in [2.24, 2.45) is 0 Å². The van der Waals surface area contributed by atoms with Gasteiger partial charge in [0.1, 0.15) is 0 Å². The Kier molecular flexibility index (Phi) is 6.64. The minimum Gasteiger partial charge on any atom is -0.414 e. The van der Waals surface area contributed by atoms with Gasteiger partial charge in [-0.15, -0.1) is 0 Å². The Morgan fingerprint density at radius 3 is 1.85 bits per heavy atom. The van der Waals surface area contributed by atoms with Crippen molar-refractivity contribution in [3.05, 3.63) is 0 Å². The SMILES string of the molecule is CC[C@@H](O)CO[Si](CC)(CC)CC. The summed E-state index contributed by atoms with van der Waals surface area (Å²) in [6.45, 7) is 9.14. The van der Waals surface area contributed by atoms with Crippen molar-refractivity contribution < 1.29 is 9.53 Å². The number of rotatable bonds is 7. The van der Waals surface area contributed by atoms with E-state index >= 15 is 0 Å². The molecule has 0 heterocycles. The normalized spacial score (nSPS) is 14.5. The molecule has 1 N–H and O–H groups in total. The molecule has 3 heteroatoms. The van der Waals surface area contributed by atoms with Gasteiger partial charge in [-0.3, -0.25) is 0 Å². The highest BCUT2D eigenvalue weighted by Crippen LogP contribution is 2.21. The molecule has 0 spiro atoms. The molecule has 0 unspecified atom stereocenters. The van der Waals surface area contributed by atoms with Gasteiger partial charge in [-0.25, -0.2) is 0 Å². The molecule has 2 nitrogen and oxygen atoms in total. The van der Waals surface area contributed by atoms with Crippen LogP contribution in [0.15, 0.2) is 0 Å². The van der Waals surface area contributed by atoms with Gasteiger partial charge in [-0.2, -0.15) is 0 Å². The summed E-state index contributed by atoms with van der Waals surface area (Å²) in [5.41, 5.74) is 0. The van der Waals surface area contributed by atoms with Gasteiger partial charge >= 0.3 is 0 Å². The molecule has 0 aromatic carbocycles. The maximum atomic E-state index is 9.41. The van der Waals surface area contributed by atoms with Crippen LogP contribution in [0.5, 0.6) is 0 Å². The standard InChI is InChI=1S/C10H24O2Si/c1-5-10(11)9-12-13(6-2,7-3)8-4/h10-11H,5-9H2,1-4H3/t10-/m1/s1. The van der Waals surface area contributed by atoms with Gasteiger partial charge in [0.25, 0.3) is 0 Å². The highest BCUT2D eigenvalue weighted by molar-refractivity contribution is 6.73. The largest absolute Gasteiger partial charge is 0.414 e. The first-order chi connectivity index (χ1) is 6.14. The molecule has 0 amide bonds. The van der Waals surface area contributed by atoms with Crippen molar-refractivity contribution in [2.75, 3.05) is 6.61 Å². The van der Waals surface area contributed by atoms with Crippen LogP contribution in [0.1, 0.15) is 34.1 Å². The predicted octanol–water partition coefficient (Wildman–Crippen LogP) is 2.78. The fourth-order valence-corrected chi connectivity index (χ4v) is 4.11. The first-order valence-electron chi connectivity index (χ1n) is 5.46. The molecule has 13 heavy (non-hydrogen) atoms. The molecule has 0 aliphatic rings. The maximum Gasteiger partial charge on any atom is 0.192 e. The van der Waals surface area contributed by atoms with E-state index in [0.717, 1.165) is 24.6 Å². The molecule has 0 aliphatic carbocycles. The zero-order valence-corrected chi connectivity index (χ0v) is 10.5. The minimum absolute atomic E-state index is 0.267. The Labute approximate surface area is 83.4 Å². The molecule has 0 radical (unpaired) electrons. The third kappa shape index (κ3) is 4.25. The predicted molar refractivity (Wildman–Crippen MR) is 59.4 cm³/mol. The molecule has 0 saturated carbocycles. The molecule has 0 aromatic heterocycles. The van der Waals surface area contributed by atoms with Crippen molar-refractivity contribution in [1.82, 2.24) is 0 Å². The lowest BCUT2D eigenvalue weighted by Gasteiger charge is -2.29. The summed E-state index contributed by atoms with van der Waals surface area (Å²) < 4.78 is 5.92. The highest BCUT2D eigenvalue weighted by atomic mass is 28.4. The fraction of sp³-hybridized carbons (Fsp3) is 1.00. The fourth-order valence-electron chi connectivity index (χ4n) is 1.45. The van der Waals surface area contributed by atoms with Gasteiger partial charge in [0.05, 0.1) is 12.7 Å². The van der Waals surface area contributed by atoms with Crippen molar-refractivity contribution in [2.45, 2.75) is 58.4 Å². The van der Waals surface area contributed by atoms with E-state index in [2.05, 4.69) is 20.8 Å². The molecule has 0 bridgehead atoms. The van der Waals surface area contributed by atoms with Crippen molar-refractivity contribution in [1.29, 1.82) is 0 Å². The Morgan fingerprint density at radius 1 is 1.08 bits per heavy atom. The average molecular weight is 204 g/mol. The summed E-state index contributed by atoms with van der Waals surface area (Å²) in [7, 11) is -1.46. The zero-order valence-electron chi connectivity index (χ0n) is 9.47. The lowest BCUT2D eigenvalue weighted by molar-refractivity contribution is 0.0985. The van der Waals surface area contributed by atoms with E-state index < -0.39 is 8.32 Å². The van der Waals surface area contributed by atoms with Gasteiger partial charge < -0.3 is 9.53 Å². The summed E-state index contributed by atoms with van der Waals surface area (Å²) in [5, 5.41) is 9.41. The monoisotopic (exact) mass is 204 g/mol. The highest BCUT2D eigenvalue weighted by Gasteiger charge is 2.28. The summed E-state index contributed by atoms with van der Waals surface area (Å²) >= 11 is 0. The van der Waals surface area contributed by atoms with Crippen LogP contribution < -0.4 is 0 Å². The number of hydrogen-bond acceptors (Lipinski definition) is 2. The van der Waals surface area contributed by atoms with E-state index in [1.165, 1.54) is 0 Å². The van der Waals surface area contributed by atoms with E-state index in [1.807, 2.05) is 6.92 Å². The second kappa shape index (κ2) is 6.57. The smallest absolute Gasteiger partial charge is 0.192 e. The number of hydrogen-bond donors (Lipinski definition) is 1. The topological polar surface area (TPSA) is 29.5 Å². The maximum absolute atomic E-state index is 9.41. The van der Waals surface area contributed by atoms with Crippen molar-refractivity contribution in [3.8, 4) is 0 Å². The number of aliphatic hydroxyl groups excluding tert-OH is 1. The number of aliphatic hydroxyl groups is 1. The summed E-state index contributed by atoms with van der Waals surface area (Å²) in [5.74, 6) is 0. The lowest BCUT2D eigenvalue weighted by Crippen LogP contribution is -2.38. The average Bonchev–Trinajstić information content (AvgIpc) is 2.20. The van der Waals surface area contributed by atoms with Crippen LogP contribution in [0.2, 0.25) is 18.1 Å². The molecule has 0 aromatic rings. The lowest BCUT2D eigenvalue weighted by atomic mass is 10.3. The molecular formula is C10H24O2Si. The van der Waals surface area contributed by atoms with E-state index in [0.29, 0.717) is 6.61 Å². The van der Waals surface area contributed by atoms with Gasteiger partial charge in [0, 0.05) is 0 Å². The third-order valence-electron chi connectivity index (χ3n) is 2.99. The minimum atomic E-state index is -1.46. The summed E-state index contributed by atoms with van der Waals surface area (Å²) in [6, 6.07) is 3.49. The summed E-state index contributed by atoms with van der Waals surface area (Å²) in [4.78, 5) is 0. The van der Waals surface area contributed by atoms with E-state index in [-0.39, 0.29) is 6.10 Å². The van der Waals surface area contributed by atoms with E-state index in [1.54, 1.807) is 0 Å². The van der Waals surface area contributed by atoms with Crippen molar-refractivity contribution >= 4 is 8.32 Å². The first kappa shape index (κ1) is 13.1. The van der Waals surface area contributed by atoms with Gasteiger partial charge in [0.15, 0.2) is 8.32 Å². The summed E-state index contributed by atoms with van der Waals surface area (Å²) in [6.07, 6.45) is 0.526. The van der Waals surface area contributed by atoms with Gasteiger partial charge in [-0.1, -0.05) is 27.7 Å². The van der Waals surface area contributed by atoms with Gasteiger partial charge in [-0.05, 0) is 24.6 Å². The quantitative estimate of drug-likeness (QED) is 0.646. The second-order valence-corrected chi connectivity index (χ2v) is 8.39. The van der Waals surface area contributed by atoms with E-state index in [4.69, 9.17) is 4.43 Å². The van der Waals surface area contributed by atoms with Crippen LogP contribution >= 0.6 is 0 Å². The van der Waals surface area contributed by atoms with Crippen LogP contribution in [-0.4, -0.2) is 26.1 Å². The molecule has 0 rings (SSSR count). The van der Waals surface area contributed by atoms with Crippen LogP contribution in [0, 0.1) is 0 Å². The van der Waals surface area contributed by atoms with Crippen LogP contribution in [0.4, 0.5) is 0 Å². The third-order valence-corrected chi connectivity index (χ3v) is 7.63. The second-order valence-electron chi connectivity index (χ2n) is 3.62. The molecular weight excluding hydrogens is 180 g/mol. The van der Waals surface area contributed by atoms with Crippen LogP contribution in [-0.2, 0) is 4.43 Å². The van der Waals surface area contributed by atoms with Crippen molar-refractivity contribution in [3.63, 3.8) is 0 Å². The zero-order chi connectivity index (χ0) is 10.3. The Bertz CT molecular complexity index is 116. The Balaban J connectivity index is 3.95. The molecule has 0 saturated heterocycles. The Hall–Kier alpha value is 0.137. The molecule has 0 fully saturated rings. The first-order valence-corrected chi connectivity index (χ1v) is 7.99. The van der Waals surface area contributed by atoms with E-state index in [9.17, 15) is 5.11 Å². The van der Waals surface area contributed by atoms with Gasteiger partial charge in [0.2, 0.25) is 0 Å².